The van der Waals surface area contributed by atoms with Gasteiger partial charge in [0, 0.05) is 11.1 Å². The van der Waals surface area contributed by atoms with Gasteiger partial charge in [-0.15, -0.1) is 0 Å². The van der Waals surface area contributed by atoms with Gasteiger partial charge in [-0.3, -0.25) is 4.79 Å². The summed E-state index contributed by atoms with van der Waals surface area (Å²) in [7, 11) is 0. The third kappa shape index (κ3) is 16.7. The van der Waals surface area contributed by atoms with Crippen molar-refractivity contribution < 1.29 is 33.7 Å². The highest BCUT2D eigenvalue weighted by Gasteiger charge is 2.13. The lowest BCUT2D eigenvalue weighted by atomic mass is 10.2. The van der Waals surface area contributed by atoms with Gasteiger partial charge in [-0.1, -0.05) is 39.8 Å². The molecule has 0 spiro atoms. The van der Waals surface area contributed by atoms with Crippen LogP contribution in [0.1, 0.15) is 52.9 Å². The van der Waals surface area contributed by atoms with Crippen molar-refractivity contribution in [3.8, 4) is 0 Å². The second kappa shape index (κ2) is 17.7. The van der Waals surface area contributed by atoms with Crippen LogP contribution >= 0.6 is 0 Å². The Hall–Kier alpha value is -2.15. The molecule has 0 aliphatic rings. The standard InChI is InChI=1S/C13H22O4.C6H10O3/c1-4-6-8-16-12(14)10-11(3)13(15)17-9-7-5-2;1-5(2)6(8)9-4-3-7/h3-10H2,1-2H3;7H,1,3-4H2,2H3. The molecule has 0 bridgehead atoms. The van der Waals surface area contributed by atoms with E-state index in [9.17, 15) is 14.4 Å². The van der Waals surface area contributed by atoms with Gasteiger partial charge < -0.3 is 19.3 Å². The third-order valence-electron chi connectivity index (χ3n) is 2.81. The van der Waals surface area contributed by atoms with Crippen LogP contribution in [0.15, 0.2) is 24.3 Å². The molecular weight excluding hydrogens is 340 g/mol. The van der Waals surface area contributed by atoms with Crippen LogP contribution < -0.4 is 0 Å². The number of esters is 3. The summed E-state index contributed by atoms with van der Waals surface area (Å²) in [5.74, 6) is -1.38. The predicted molar refractivity (Wildman–Crippen MR) is 98.3 cm³/mol. The first-order valence-electron chi connectivity index (χ1n) is 8.74. The number of aliphatic hydroxyl groups excluding tert-OH is 1. The smallest absolute Gasteiger partial charge is 0.333 e. The Morgan fingerprint density at radius 2 is 1.35 bits per heavy atom. The fourth-order valence-corrected chi connectivity index (χ4v) is 1.30. The number of hydrogen-bond acceptors (Lipinski definition) is 7. The van der Waals surface area contributed by atoms with E-state index in [1.54, 1.807) is 6.92 Å². The van der Waals surface area contributed by atoms with E-state index in [0.717, 1.165) is 25.7 Å². The summed E-state index contributed by atoms with van der Waals surface area (Å²) in [6.45, 7) is 13.1. The Morgan fingerprint density at radius 1 is 0.846 bits per heavy atom. The maximum atomic E-state index is 11.4. The molecular formula is C19H32O7. The van der Waals surface area contributed by atoms with Gasteiger partial charge in [-0.05, 0) is 19.8 Å². The van der Waals surface area contributed by atoms with Crippen molar-refractivity contribution in [3.05, 3.63) is 24.3 Å². The molecule has 0 aromatic heterocycles. The fourth-order valence-electron chi connectivity index (χ4n) is 1.30. The molecule has 150 valence electrons. The lowest BCUT2D eigenvalue weighted by Gasteiger charge is -2.07. The summed E-state index contributed by atoms with van der Waals surface area (Å²) < 4.78 is 14.3. The highest BCUT2D eigenvalue weighted by atomic mass is 16.5. The summed E-state index contributed by atoms with van der Waals surface area (Å²) in [4.78, 5) is 33.1. The van der Waals surface area contributed by atoms with Gasteiger partial charge in [0.15, 0.2) is 0 Å². The summed E-state index contributed by atoms with van der Waals surface area (Å²) in [5.41, 5.74) is 0.506. The maximum Gasteiger partial charge on any atom is 0.333 e. The highest BCUT2D eigenvalue weighted by Crippen LogP contribution is 2.04. The lowest BCUT2D eigenvalue weighted by molar-refractivity contribution is -0.146. The normalized spacial score (nSPS) is 9.38. The van der Waals surface area contributed by atoms with Gasteiger partial charge in [0.2, 0.25) is 0 Å². The van der Waals surface area contributed by atoms with Gasteiger partial charge in [0.25, 0.3) is 0 Å². The molecule has 0 aromatic rings. The van der Waals surface area contributed by atoms with Crippen molar-refractivity contribution in [2.45, 2.75) is 52.9 Å². The minimum Gasteiger partial charge on any atom is -0.465 e. The molecule has 7 heteroatoms. The van der Waals surface area contributed by atoms with E-state index in [-0.39, 0.29) is 25.2 Å². The summed E-state index contributed by atoms with van der Waals surface area (Å²) >= 11 is 0. The molecule has 7 nitrogen and oxygen atoms in total. The van der Waals surface area contributed by atoms with Crippen molar-refractivity contribution in [1.82, 2.24) is 0 Å². The predicted octanol–water partition coefficient (Wildman–Crippen LogP) is 2.72. The Bertz CT molecular complexity index is 455. The van der Waals surface area contributed by atoms with Gasteiger partial charge >= 0.3 is 17.9 Å². The SMILES string of the molecule is C=C(C)C(=O)OCCO.C=C(CC(=O)OCCCC)C(=O)OCCCC. The molecule has 0 atom stereocenters. The molecule has 0 aliphatic carbocycles. The van der Waals surface area contributed by atoms with Gasteiger partial charge in [-0.2, -0.15) is 0 Å². The molecule has 0 heterocycles. The van der Waals surface area contributed by atoms with Crippen molar-refractivity contribution >= 4 is 17.9 Å². The van der Waals surface area contributed by atoms with E-state index in [4.69, 9.17) is 14.6 Å². The minimum atomic E-state index is -0.508. The van der Waals surface area contributed by atoms with Crippen LogP contribution in [0.3, 0.4) is 0 Å². The number of unbranched alkanes of at least 4 members (excludes halogenated alkanes) is 2. The van der Waals surface area contributed by atoms with Gasteiger partial charge in [-0.25, -0.2) is 9.59 Å². The summed E-state index contributed by atoms with van der Waals surface area (Å²) in [6, 6.07) is 0. The number of carbonyl (C=O) groups is 3. The average molecular weight is 372 g/mol. The van der Waals surface area contributed by atoms with E-state index in [0.29, 0.717) is 18.8 Å². The molecule has 1 N–H and O–H groups in total. The minimum absolute atomic E-state index is 0.0473. The zero-order valence-corrected chi connectivity index (χ0v) is 16.2. The largest absolute Gasteiger partial charge is 0.465 e. The van der Waals surface area contributed by atoms with Crippen LogP contribution in [0.5, 0.6) is 0 Å². The Kier molecular flexibility index (Phi) is 17.7. The van der Waals surface area contributed by atoms with E-state index < -0.39 is 17.9 Å². The topological polar surface area (TPSA) is 99.1 Å². The maximum absolute atomic E-state index is 11.4. The number of aliphatic hydroxyl groups is 1. The number of rotatable bonds is 12. The molecule has 0 aromatic carbocycles. The fraction of sp³-hybridized carbons (Fsp3) is 0.632. The van der Waals surface area contributed by atoms with E-state index in [2.05, 4.69) is 17.9 Å². The third-order valence-corrected chi connectivity index (χ3v) is 2.81. The van der Waals surface area contributed by atoms with E-state index in [1.165, 1.54) is 0 Å². The van der Waals surface area contributed by atoms with Crippen LogP contribution in [0, 0.1) is 0 Å². The van der Waals surface area contributed by atoms with Crippen LogP contribution in [0.4, 0.5) is 0 Å². The van der Waals surface area contributed by atoms with Gasteiger partial charge in [0.1, 0.15) is 6.61 Å². The van der Waals surface area contributed by atoms with Crippen molar-refractivity contribution in [2.75, 3.05) is 26.4 Å². The molecule has 0 rings (SSSR count). The molecule has 0 aliphatic heterocycles. The lowest BCUT2D eigenvalue weighted by Crippen LogP contribution is -2.13. The van der Waals surface area contributed by atoms with E-state index in [1.807, 2.05) is 13.8 Å². The summed E-state index contributed by atoms with van der Waals surface area (Å²) in [6.07, 6.45) is 3.49. The summed E-state index contributed by atoms with van der Waals surface area (Å²) in [5, 5.41) is 8.19. The number of hydrogen-bond donors (Lipinski definition) is 1. The van der Waals surface area contributed by atoms with Gasteiger partial charge in [0.05, 0.1) is 26.2 Å². The Balaban J connectivity index is 0. The zero-order valence-electron chi connectivity index (χ0n) is 16.2. The molecule has 0 saturated carbocycles. The Labute approximate surface area is 156 Å². The monoisotopic (exact) mass is 372 g/mol. The first-order chi connectivity index (χ1) is 12.3. The first-order valence-corrected chi connectivity index (χ1v) is 8.74. The van der Waals surface area contributed by atoms with Crippen LogP contribution in [0.25, 0.3) is 0 Å². The molecule has 0 radical (unpaired) electrons. The highest BCUT2D eigenvalue weighted by molar-refractivity contribution is 5.93. The number of carbonyl (C=O) groups excluding carboxylic acids is 3. The average Bonchev–Trinajstić information content (AvgIpc) is 2.60. The second-order valence-electron chi connectivity index (χ2n) is 5.48. The molecule has 0 saturated heterocycles. The Morgan fingerprint density at radius 3 is 1.81 bits per heavy atom. The van der Waals surface area contributed by atoms with Crippen LogP contribution in [-0.4, -0.2) is 49.4 Å². The molecule has 0 fully saturated rings. The van der Waals surface area contributed by atoms with Crippen molar-refractivity contribution in [1.29, 1.82) is 0 Å². The van der Waals surface area contributed by atoms with Crippen LogP contribution in [-0.2, 0) is 28.6 Å². The van der Waals surface area contributed by atoms with Crippen molar-refractivity contribution in [3.63, 3.8) is 0 Å². The zero-order chi connectivity index (χ0) is 20.4. The van der Waals surface area contributed by atoms with Crippen molar-refractivity contribution in [2.24, 2.45) is 0 Å². The molecule has 26 heavy (non-hydrogen) atoms. The van der Waals surface area contributed by atoms with E-state index >= 15 is 0 Å². The molecule has 0 unspecified atom stereocenters. The first kappa shape index (κ1) is 26.1. The second-order valence-corrected chi connectivity index (χ2v) is 5.48. The van der Waals surface area contributed by atoms with Crippen LogP contribution in [0.2, 0.25) is 0 Å². The molecule has 0 amide bonds. The number of ether oxygens (including phenoxy) is 3. The quantitative estimate of drug-likeness (QED) is 0.243.